The molecule has 2 rings (SSSR count). The van der Waals surface area contributed by atoms with Crippen LogP contribution in [0.4, 0.5) is 17.6 Å². The van der Waals surface area contributed by atoms with E-state index in [0.717, 1.165) is 11.6 Å². The summed E-state index contributed by atoms with van der Waals surface area (Å²) in [7, 11) is 1.57. The SMILES string of the molecule is CNC(c1cnccc1C)c1cccc(C(F)(F)F)c1F. The molecule has 0 aliphatic carbocycles. The summed E-state index contributed by atoms with van der Waals surface area (Å²) in [6, 6.07) is 4.32. The van der Waals surface area contributed by atoms with Crippen LogP contribution in [0.25, 0.3) is 0 Å². The van der Waals surface area contributed by atoms with Crippen LogP contribution in [0, 0.1) is 12.7 Å². The molecule has 0 aliphatic rings. The summed E-state index contributed by atoms with van der Waals surface area (Å²) in [6.45, 7) is 1.80. The molecule has 1 atom stereocenters. The number of halogens is 4. The molecular formula is C15H14F4N2. The fraction of sp³-hybridized carbons (Fsp3) is 0.267. The van der Waals surface area contributed by atoms with Gasteiger partial charge in [-0.05, 0) is 37.2 Å². The van der Waals surface area contributed by atoms with Gasteiger partial charge in [0.25, 0.3) is 0 Å². The van der Waals surface area contributed by atoms with Crippen LogP contribution in [0.15, 0.2) is 36.7 Å². The van der Waals surface area contributed by atoms with Gasteiger partial charge in [0.2, 0.25) is 0 Å². The van der Waals surface area contributed by atoms with E-state index in [2.05, 4.69) is 10.3 Å². The van der Waals surface area contributed by atoms with E-state index < -0.39 is 23.6 Å². The molecule has 0 aliphatic heterocycles. The number of hydrogen-bond donors (Lipinski definition) is 1. The zero-order chi connectivity index (χ0) is 15.6. The summed E-state index contributed by atoms with van der Waals surface area (Å²) >= 11 is 0. The Bertz CT molecular complexity index is 638. The van der Waals surface area contributed by atoms with Gasteiger partial charge < -0.3 is 5.32 Å². The summed E-state index contributed by atoms with van der Waals surface area (Å²) in [5.41, 5.74) is 0.143. The molecule has 0 saturated carbocycles. The topological polar surface area (TPSA) is 24.9 Å². The molecule has 112 valence electrons. The highest BCUT2D eigenvalue weighted by Crippen LogP contribution is 2.35. The summed E-state index contributed by atoms with van der Waals surface area (Å²) in [5, 5.41) is 2.85. The van der Waals surface area contributed by atoms with Gasteiger partial charge in [0, 0.05) is 18.0 Å². The first-order valence-corrected chi connectivity index (χ1v) is 6.29. The minimum absolute atomic E-state index is 0.0524. The quantitative estimate of drug-likeness (QED) is 0.870. The van der Waals surface area contributed by atoms with Gasteiger partial charge in [-0.15, -0.1) is 0 Å². The highest BCUT2D eigenvalue weighted by molar-refractivity contribution is 5.38. The second-order valence-electron chi connectivity index (χ2n) is 4.66. The predicted octanol–water partition coefficient (Wildman–Crippen LogP) is 3.86. The average molecular weight is 298 g/mol. The minimum atomic E-state index is -4.72. The molecule has 0 fully saturated rings. The van der Waals surface area contributed by atoms with E-state index >= 15 is 0 Å². The molecule has 0 radical (unpaired) electrons. The number of pyridine rings is 1. The summed E-state index contributed by atoms with van der Waals surface area (Å²) in [6.07, 6.45) is -1.62. The lowest BCUT2D eigenvalue weighted by molar-refractivity contribution is -0.140. The number of aromatic nitrogens is 1. The van der Waals surface area contributed by atoms with Crippen molar-refractivity contribution in [1.29, 1.82) is 0 Å². The fourth-order valence-electron chi connectivity index (χ4n) is 2.25. The summed E-state index contributed by atoms with van der Waals surface area (Å²) in [5.74, 6) is -1.26. The van der Waals surface area contributed by atoms with Gasteiger partial charge in [-0.1, -0.05) is 12.1 Å². The standard InChI is InChI=1S/C15H14F4N2/c1-9-6-7-21-8-11(9)14(20-2)10-4-3-5-12(13(10)16)15(17,18)19/h3-8,14,20H,1-2H3. The van der Waals surface area contributed by atoms with Crippen LogP contribution >= 0.6 is 0 Å². The van der Waals surface area contributed by atoms with Gasteiger partial charge in [0.15, 0.2) is 0 Å². The molecule has 0 bridgehead atoms. The maximum absolute atomic E-state index is 14.2. The first kappa shape index (κ1) is 15.4. The molecule has 21 heavy (non-hydrogen) atoms. The molecule has 1 aromatic carbocycles. The fourth-order valence-corrected chi connectivity index (χ4v) is 2.25. The van der Waals surface area contributed by atoms with Gasteiger partial charge >= 0.3 is 6.18 Å². The lowest BCUT2D eigenvalue weighted by Crippen LogP contribution is -2.22. The molecule has 1 unspecified atom stereocenters. The number of aryl methyl sites for hydroxylation is 1. The number of nitrogens with zero attached hydrogens (tertiary/aromatic N) is 1. The van der Waals surface area contributed by atoms with Crippen molar-refractivity contribution in [2.24, 2.45) is 0 Å². The number of nitrogens with one attached hydrogen (secondary N) is 1. The third kappa shape index (κ3) is 3.05. The molecule has 1 aromatic heterocycles. The van der Waals surface area contributed by atoms with Crippen LogP contribution in [-0.4, -0.2) is 12.0 Å². The maximum atomic E-state index is 14.2. The molecule has 2 nitrogen and oxygen atoms in total. The van der Waals surface area contributed by atoms with Crippen molar-refractivity contribution in [3.63, 3.8) is 0 Å². The van der Waals surface area contributed by atoms with Crippen LogP contribution in [0.5, 0.6) is 0 Å². The third-order valence-corrected chi connectivity index (χ3v) is 3.32. The van der Waals surface area contributed by atoms with Gasteiger partial charge in [-0.2, -0.15) is 13.2 Å². The van der Waals surface area contributed by atoms with E-state index in [4.69, 9.17) is 0 Å². The van der Waals surface area contributed by atoms with Gasteiger partial charge in [0.05, 0.1) is 11.6 Å². The zero-order valence-electron chi connectivity index (χ0n) is 11.5. The Morgan fingerprint density at radius 2 is 1.86 bits per heavy atom. The molecule has 6 heteroatoms. The maximum Gasteiger partial charge on any atom is 0.419 e. The Morgan fingerprint density at radius 1 is 1.14 bits per heavy atom. The van der Waals surface area contributed by atoms with Crippen molar-refractivity contribution >= 4 is 0 Å². The lowest BCUT2D eigenvalue weighted by atomic mass is 9.95. The second kappa shape index (κ2) is 5.81. The Balaban J connectivity index is 2.57. The number of rotatable bonds is 3. The van der Waals surface area contributed by atoms with Crippen molar-refractivity contribution in [1.82, 2.24) is 10.3 Å². The summed E-state index contributed by atoms with van der Waals surface area (Å²) in [4.78, 5) is 3.96. The van der Waals surface area contributed by atoms with E-state index in [1.54, 1.807) is 26.2 Å². The van der Waals surface area contributed by atoms with Gasteiger partial charge in [-0.3, -0.25) is 4.98 Å². The Morgan fingerprint density at radius 3 is 2.43 bits per heavy atom. The summed E-state index contributed by atoms with van der Waals surface area (Å²) < 4.78 is 52.7. The molecule has 0 amide bonds. The van der Waals surface area contributed by atoms with Crippen molar-refractivity contribution in [3.8, 4) is 0 Å². The van der Waals surface area contributed by atoms with Crippen LogP contribution in [-0.2, 0) is 6.18 Å². The Labute approximate surface area is 119 Å². The first-order chi connectivity index (χ1) is 9.86. The first-order valence-electron chi connectivity index (χ1n) is 6.29. The normalized spacial score (nSPS) is 13.2. The lowest BCUT2D eigenvalue weighted by Gasteiger charge is -2.21. The van der Waals surface area contributed by atoms with Crippen molar-refractivity contribution < 1.29 is 17.6 Å². The molecule has 2 aromatic rings. The monoisotopic (exact) mass is 298 g/mol. The van der Waals surface area contributed by atoms with Crippen LogP contribution < -0.4 is 5.32 Å². The highest BCUT2D eigenvalue weighted by Gasteiger charge is 2.35. The van der Waals surface area contributed by atoms with E-state index in [-0.39, 0.29) is 5.56 Å². The molecular weight excluding hydrogens is 284 g/mol. The van der Waals surface area contributed by atoms with E-state index in [9.17, 15) is 17.6 Å². The van der Waals surface area contributed by atoms with E-state index in [1.165, 1.54) is 18.3 Å². The van der Waals surface area contributed by atoms with E-state index in [0.29, 0.717) is 5.56 Å². The van der Waals surface area contributed by atoms with Crippen LogP contribution in [0.3, 0.4) is 0 Å². The number of hydrogen-bond acceptors (Lipinski definition) is 2. The molecule has 0 spiro atoms. The largest absolute Gasteiger partial charge is 0.419 e. The predicted molar refractivity (Wildman–Crippen MR) is 71.3 cm³/mol. The second-order valence-corrected chi connectivity index (χ2v) is 4.66. The highest BCUT2D eigenvalue weighted by atomic mass is 19.4. The minimum Gasteiger partial charge on any atom is -0.309 e. The van der Waals surface area contributed by atoms with Crippen molar-refractivity contribution in [2.45, 2.75) is 19.1 Å². The average Bonchev–Trinajstić information content (AvgIpc) is 2.42. The van der Waals surface area contributed by atoms with Crippen LogP contribution in [0.1, 0.15) is 28.3 Å². The van der Waals surface area contributed by atoms with Crippen LogP contribution in [0.2, 0.25) is 0 Å². The van der Waals surface area contributed by atoms with E-state index in [1.807, 2.05) is 0 Å². The number of benzene rings is 1. The molecule has 1 heterocycles. The third-order valence-electron chi connectivity index (χ3n) is 3.32. The van der Waals surface area contributed by atoms with Gasteiger partial charge in [-0.25, -0.2) is 4.39 Å². The molecule has 0 saturated heterocycles. The Kier molecular flexibility index (Phi) is 4.27. The smallest absolute Gasteiger partial charge is 0.309 e. The number of alkyl halides is 3. The van der Waals surface area contributed by atoms with Crippen molar-refractivity contribution in [3.05, 3.63) is 64.7 Å². The van der Waals surface area contributed by atoms with Crippen molar-refractivity contribution in [2.75, 3.05) is 7.05 Å². The van der Waals surface area contributed by atoms with Gasteiger partial charge in [0.1, 0.15) is 5.82 Å². The zero-order valence-corrected chi connectivity index (χ0v) is 11.5. The molecule has 1 N–H and O–H groups in total. The Hall–Kier alpha value is -1.95.